The van der Waals surface area contributed by atoms with Crippen LogP contribution in [0.1, 0.15) is 98.1 Å². The zero-order chi connectivity index (χ0) is 37.9. The quantitative estimate of drug-likeness (QED) is 0.0820. The van der Waals surface area contributed by atoms with E-state index in [0.717, 1.165) is 59.2 Å². The first-order valence-corrected chi connectivity index (χ1v) is 19.1. The second kappa shape index (κ2) is 18.9. The van der Waals surface area contributed by atoms with Gasteiger partial charge in [0.1, 0.15) is 0 Å². The van der Waals surface area contributed by atoms with Crippen LogP contribution >= 0.6 is 0 Å². The molecule has 1 fully saturated rings. The minimum absolute atomic E-state index is 0.000331. The van der Waals surface area contributed by atoms with Gasteiger partial charge in [-0.25, -0.2) is 0 Å². The second-order valence-corrected chi connectivity index (χ2v) is 14.5. The summed E-state index contributed by atoms with van der Waals surface area (Å²) in [5.41, 5.74) is 7.18. The Labute approximate surface area is 318 Å². The van der Waals surface area contributed by atoms with Crippen molar-refractivity contribution in [2.75, 3.05) is 13.6 Å². The van der Waals surface area contributed by atoms with Crippen LogP contribution in [0.2, 0.25) is 0 Å². The van der Waals surface area contributed by atoms with Gasteiger partial charge in [-0.05, 0) is 89.2 Å². The van der Waals surface area contributed by atoms with Crippen LogP contribution in [0.4, 0.5) is 0 Å². The van der Waals surface area contributed by atoms with Crippen molar-refractivity contribution in [2.24, 2.45) is 0 Å². The van der Waals surface area contributed by atoms with Crippen molar-refractivity contribution in [2.45, 2.75) is 89.6 Å². The molecule has 6 rings (SSSR count). The topological polar surface area (TPSA) is 108 Å². The van der Waals surface area contributed by atoms with E-state index in [1.165, 1.54) is 16.3 Å². The van der Waals surface area contributed by atoms with Gasteiger partial charge in [0.05, 0.1) is 18.8 Å². The highest BCUT2D eigenvalue weighted by Crippen LogP contribution is 2.39. The summed E-state index contributed by atoms with van der Waals surface area (Å²) >= 11 is 0. The van der Waals surface area contributed by atoms with E-state index in [9.17, 15) is 14.7 Å². The molecule has 8 heteroatoms. The number of unbranched alkanes of at least 4 members (excludes halogenated alkanes) is 3. The van der Waals surface area contributed by atoms with Gasteiger partial charge in [-0.2, -0.15) is 0 Å². The van der Waals surface area contributed by atoms with Gasteiger partial charge < -0.3 is 25.0 Å². The molecule has 1 heterocycles. The Bertz CT molecular complexity index is 2000. The number of carboxylic acids is 1. The minimum atomic E-state index is -0.775. The molecule has 0 aromatic heterocycles. The van der Waals surface area contributed by atoms with E-state index in [1.54, 1.807) is 0 Å². The molecule has 5 aromatic carbocycles. The number of fused-ring (bicyclic) bond motifs is 1. The van der Waals surface area contributed by atoms with Crippen molar-refractivity contribution < 1.29 is 29.3 Å². The van der Waals surface area contributed by atoms with Crippen LogP contribution in [0.15, 0.2) is 115 Å². The lowest BCUT2D eigenvalue weighted by molar-refractivity contribution is -0.253. The highest BCUT2D eigenvalue weighted by Gasteiger charge is 2.33. The fraction of sp³-hybridized carbons (Fsp3) is 0.348. The summed E-state index contributed by atoms with van der Waals surface area (Å²) in [6.45, 7) is 3.39. The van der Waals surface area contributed by atoms with E-state index in [0.29, 0.717) is 25.8 Å². The molecule has 3 N–H and O–H groups in total. The molecule has 54 heavy (non-hydrogen) atoms. The minimum Gasteiger partial charge on any atom is -0.481 e. The lowest BCUT2D eigenvalue weighted by atomic mass is 9.97. The van der Waals surface area contributed by atoms with Gasteiger partial charge >= 0.3 is 5.97 Å². The third kappa shape index (κ3) is 10.6. The number of nitrogens with zero attached hydrogens (tertiary/aromatic N) is 1. The van der Waals surface area contributed by atoms with Crippen LogP contribution in [0, 0.1) is 0 Å². The van der Waals surface area contributed by atoms with E-state index < -0.39 is 12.3 Å². The van der Waals surface area contributed by atoms with Gasteiger partial charge in [0.2, 0.25) is 5.91 Å². The summed E-state index contributed by atoms with van der Waals surface area (Å²) in [7, 11) is 2.15. The van der Waals surface area contributed by atoms with Gasteiger partial charge in [0, 0.05) is 44.0 Å². The maximum atomic E-state index is 12.5. The molecule has 0 unspecified atom stereocenters. The molecule has 1 aliphatic heterocycles. The largest absolute Gasteiger partial charge is 0.481 e. The normalized spacial score (nSPS) is 17.7. The number of aliphatic hydroxyl groups excluding tert-OH is 1. The third-order valence-corrected chi connectivity index (χ3v) is 10.5. The van der Waals surface area contributed by atoms with Gasteiger partial charge in [0.15, 0.2) is 6.29 Å². The maximum Gasteiger partial charge on any atom is 0.303 e. The summed E-state index contributed by atoms with van der Waals surface area (Å²) in [6.07, 6.45) is 3.50. The average molecular weight is 729 g/mol. The molecule has 0 saturated carbocycles. The van der Waals surface area contributed by atoms with E-state index in [1.807, 2.05) is 42.5 Å². The Morgan fingerprint density at radius 2 is 1.48 bits per heavy atom. The number of carboxylic acid groups (broad SMARTS) is 1. The van der Waals surface area contributed by atoms with Crippen LogP contribution < -0.4 is 5.32 Å². The Morgan fingerprint density at radius 1 is 0.759 bits per heavy atom. The number of aliphatic carboxylic acids is 1. The average Bonchev–Trinajstić information content (AvgIpc) is 3.20. The van der Waals surface area contributed by atoms with Crippen molar-refractivity contribution in [3.8, 4) is 11.1 Å². The van der Waals surface area contributed by atoms with Gasteiger partial charge in [-0.1, -0.05) is 110 Å². The lowest BCUT2D eigenvalue weighted by Crippen LogP contribution is -2.38. The van der Waals surface area contributed by atoms with Crippen LogP contribution in [0.3, 0.4) is 0 Å². The van der Waals surface area contributed by atoms with Crippen molar-refractivity contribution in [3.63, 3.8) is 0 Å². The first-order valence-electron chi connectivity index (χ1n) is 19.1. The molecule has 0 aliphatic carbocycles. The zero-order valence-corrected chi connectivity index (χ0v) is 31.3. The fourth-order valence-corrected chi connectivity index (χ4v) is 7.16. The molecular formula is C46H52N2O6. The highest BCUT2D eigenvalue weighted by molar-refractivity contribution is 5.83. The number of amides is 1. The number of likely N-dealkylation sites (N-methyl/N-ethyl adjacent to an activating group) is 1. The van der Waals surface area contributed by atoms with E-state index >= 15 is 0 Å². The summed E-state index contributed by atoms with van der Waals surface area (Å²) in [6, 6.07) is 39.8. The zero-order valence-electron chi connectivity index (χ0n) is 31.3. The molecular weight excluding hydrogens is 677 g/mol. The Hall–Kier alpha value is -4.86. The molecule has 1 amide bonds. The molecule has 5 aromatic rings. The lowest BCUT2D eigenvalue weighted by Gasteiger charge is -2.39. The van der Waals surface area contributed by atoms with Crippen LogP contribution in [-0.2, 0) is 32.2 Å². The van der Waals surface area contributed by atoms with Crippen molar-refractivity contribution in [1.29, 1.82) is 0 Å². The summed E-state index contributed by atoms with van der Waals surface area (Å²) in [5.74, 6) is -0.775. The third-order valence-electron chi connectivity index (χ3n) is 10.5. The van der Waals surface area contributed by atoms with Crippen molar-refractivity contribution in [1.82, 2.24) is 10.2 Å². The number of ether oxygens (including phenoxy) is 2. The van der Waals surface area contributed by atoms with Gasteiger partial charge in [-0.15, -0.1) is 0 Å². The standard InChI is InChI=1S/C46H52N2O6/c1-32(37-24-23-35-12-7-8-13-39(35)26-37)48(2)30-42-28-43(36-21-19-33(31-49)20-22-36)54-46(53-42)41-16-10-15-40(27-41)38-14-9-11-34(25-38)29-47-44(50)17-5-3-4-6-18-45(51)52/h7-16,19-27,32,42-43,46,49H,3-6,17-18,28-31H2,1-2H3,(H,47,50)(H,51,52)/t32-,42+,43-,46-/m1/s1. The number of benzene rings is 5. The smallest absolute Gasteiger partial charge is 0.303 e. The number of carbonyl (C=O) groups excluding carboxylic acids is 1. The van der Waals surface area contributed by atoms with Gasteiger partial charge in [-0.3, -0.25) is 14.5 Å². The van der Waals surface area contributed by atoms with E-state index in [-0.39, 0.29) is 37.2 Å². The number of nitrogens with one attached hydrogen (secondary N) is 1. The first-order chi connectivity index (χ1) is 26.2. The maximum absolute atomic E-state index is 12.5. The summed E-state index contributed by atoms with van der Waals surface area (Å²) in [4.78, 5) is 25.5. The molecule has 1 aliphatic rings. The van der Waals surface area contributed by atoms with Crippen LogP contribution in [0.5, 0.6) is 0 Å². The first kappa shape index (κ1) is 38.9. The fourth-order valence-electron chi connectivity index (χ4n) is 7.16. The SMILES string of the molecule is C[C@H](c1ccc2ccccc2c1)N(C)C[C@@H]1C[C@H](c2ccc(CO)cc2)O[C@H](c2cccc(-c3cccc(CNC(=O)CCCCCCC(=O)O)c3)c2)O1. The summed E-state index contributed by atoms with van der Waals surface area (Å²) in [5, 5.41) is 23.9. The molecule has 0 radical (unpaired) electrons. The van der Waals surface area contributed by atoms with Crippen LogP contribution in [0.25, 0.3) is 21.9 Å². The number of hydrogen-bond donors (Lipinski definition) is 3. The molecule has 1 saturated heterocycles. The van der Waals surface area contributed by atoms with Gasteiger partial charge in [0.25, 0.3) is 0 Å². The number of hydrogen-bond acceptors (Lipinski definition) is 6. The molecule has 0 bridgehead atoms. The monoisotopic (exact) mass is 728 g/mol. The number of rotatable bonds is 17. The Morgan fingerprint density at radius 3 is 2.24 bits per heavy atom. The highest BCUT2D eigenvalue weighted by atomic mass is 16.7. The molecule has 4 atom stereocenters. The van der Waals surface area contributed by atoms with Crippen LogP contribution in [-0.4, -0.2) is 46.7 Å². The summed E-state index contributed by atoms with van der Waals surface area (Å²) < 4.78 is 13.5. The van der Waals surface area contributed by atoms with E-state index in [2.05, 4.69) is 97.0 Å². The predicted octanol–water partition coefficient (Wildman–Crippen LogP) is 9.28. The molecule has 0 spiro atoms. The molecule has 8 nitrogen and oxygen atoms in total. The Kier molecular flexibility index (Phi) is 13.6. The number of carbonyl (C=O) groups is 2. The second-order valence-electron chi connectivity index (χ2n) is 14.5. The Balaban J connectivity index is 1.13. The predicted molar refractivity (Wildman–Crippen MR) is 212 cm³/mol. The van der Waals surface area contributed by atoms with Crippen molar-refractivity contribution >= 4 is 22.6 Å². The molecule has 282 valence electrons. The van der Waals surface area contributed by atoms with E-state index in [4.69, 9.17) is 14.6 Å². The van der Waals surface area contributed by atoms with Crippen molar-refractivity contribution in [3.05, 3.63) is 143 Å². The number of aliphatic hydroxyl groups is 1.